The van der Waals surface area contributed by atoms with E-state index in [1.807, 2.05) is 60.7 Å². The van der Waals surface area contributed by atoms with Gasteiger partial charge in [-0.2, -0.15) is 0 Å². The first-order valence-electron chi connectivity index (χ1n) is 8.18. The molecule has 6 heteroatoms. The number of benzene rings is 2. The van der Waals surface area contributed by atoms with Crippen molar-refractivity contribution in [2.75, 3.05) is 6.61 Å². The smallest absolute Gasteiger partial charge is 0.136 e. The Bertz CT molecular complexity index is 639. The highest BCUT2D eigenvalue weighted by Gasteiger charge is 2.44. The van der Waals surface area contributed by atoms with Crippen molar-refractivity contribution in [2.24, 2.45) is 0 Å². The van der Waals surface area contributed by atoms with Crippen molar-refractivity contribution < 1.29 is 24.8 Å². The van der Waals surface area contributed by atoms with Crippen LogP contribution in [-0.4, -0.2) is 51.8 Å². The van der Waals surface area contributed by atoms with Gasteiger partial charge in [0.1, 0.15) is 29.9 Å². The summed E-state index contributed by atoms with van der Waals surface area (Å²) in [5.41, 5.74) is 0.342. The van der Waals surface area contributed by atoms with Gasteiger partial charge < -0.3 is 24.8 Å². The lowest BCUT2D eigenvalue weighted by Gasteiger charge is -2.40. The van der Waals surface area contributed by atoms with E-state index in [9.17, 15) is 15.3 Å². The van der Waals surface area contributed by atoms with Crippen LogP contribution in [0.1, 0.15) is 5.56 Å². The second-order valence-corrected chi connectivity index (χ2v) is 7.12. The van der Waals surface area contributed by atoms with Crippen molar-refractivity contribution in [3.63, 3.8) is 0 Å². The number of ether oxygens (including phenoxy) is 2. The van der Waals surface area contributed by atoms with Crippen LogP contribution < -0.4 is 0 Å². The molecule has 134 valence electrons. The molecule has 5 atom stereocenters. The van der Waals surface area contributed by atoms with Crippen LogP contribution in [0.2, 0.25) is 0 Å². The molecule has 1 saturated heterocycles. The molecule has 25 heavy (non-hydrogen) atoms. The highest BCUT2D eigenvalue weighted by molar-refractivity contribution is 7.99. The summed E-state index contributed by atoms with van der Waals surface area (Å²) in [5, 5.41) is 30.5. The summed E-state index contributed by atoms with van der Waals surface area (Å²) < 4.78 is 11.4. The van der Waals surface area contributed by atoms with E-state index in [-0.39, 0.29) is 6.61 Å². The first-order chi connectivity index (χ1) is 12.1. The van der Waals surface area contributed by atoms with E-state index in [1.54, 1.807) is 0 Å². The zero-order valence-corrected chi connectivity index (χ0v) is 14.5. The molecule has 0 unspecified atom stereocenters. The zero-order chi connectivity index (χ0) is 17.6. The van der Waals surface area contributed by atoms with Crippen molar-refractivity contribution in [3.8, 4) is 0 Å². The molecule has 1 heterocycles. The zero-order valence-electron chi connectivity index (χ0n) is 13.6. The highest BCUT2D eigenvalue weighted by atomic mass is 32.2. The van der Waals surface area contributed by atoms with Gasteiger partial charge in [0.15, 0.2) is 0 Å². The lowest BCUT2D eigenvalue weighted by atomic mass is 10.0. The lowest BCUT2D eigenvalue weighted by Crippen LogP contribution is -2.57. The average molecular weight is 362 g/mol. The number of thioether (sulfide) groups is 1. The normalized spacial score (nSPS) is 29.5. The summed E-state index contributed by atoms with van der Waals surface area (Å²) in [6.45, 7) is 0.522. The molecular formula is C19H22O5S. The number of hydrogen-bond donors (Lipinski definition) is 3. The van der Waals surface area contributed by atoms with E-state index < -0.39 is 29.9 Å². The molecule has 0 aromatic heterocycles. The van der Waals surface area contributed by atoms with Gasteiger partial charge >= 0.3 is 0 Å². The van der Waals surface area contributed by atoms with Crippen LogP contribution in [0.3, 0.4) is 0 Å². The largest absolute Gasteiger partial charge is 0.387 e. The fourth-order valence-electron chi connectivity index (χ4n) is 2.65. The standard InChI is InChI=1S/C19H22O5S/c20-16-15(12-23-11-13-7-3-1-4-8-13)24-19(18(22)17(16)21)25-14-9-5-2-6-10-14/h1-10,15-22H,11-12H2/t15-,16+,17+,18-,19+/m1/s1. The molecule has 0 radical (unpaired) electrons. The van der Waals surface area contributed by atoms with Crippen molar-refractivity contribution in [1.29, 1.82) is 0 Å². The summed E-state index contributed by atoms with van der Waals surface area (Å²) in [6, 6.07) is 19.2. The predicted molar refractivity (Wildman–Crippen MR) is 95.1 cm³/mol. The molecule has 2 aromatic rings. The highest BCUT2D eigenvalue weighted by Crippen LogP contribution is 2.33. The van der Waals surface area contributed by atoms with Gasteiger partial charge in [-0.15, -0.1) is 0 Å². The van der Waals surface area contributed by atoms with Gasteiger partial charge in [0, 0.05) is 4.90 Å². The first-order valence-corrected chi connectivity index (χ1v) is 9.06. The number of hydrogen-bond acceptors (Lipinski definition) is 6. The second-order valence-electron chi connectivity index (χ2n) is 5.95. The van der Waals surface area contributed by atoms with Gasteiger partial charge in [-0.3, -0.25) is 0 Å². The predicted octanol–water partition coefficient (Wildman–Crippen LogP) is 1.80. The minimum atomic E-state index is -1.28. The van der Waals surface area contributed by atoms with Gasteiger partial charge in [-0.1, -0.05) is 60.3 Å². The van der Waals surface area contributed by atoms with E-state index in [0.29, 0.717) is 6.61 Å². The Balaban J connectivity index is 1.58. The maximum atomic E-state index is 10.2. The molecule has 0 saturated carbocycles. The van der Waals surface area contributed by atoms with Crippen LogP contribution in [0, 0.1) is 0 Å². The summed E-state index contributed by atoms with van der Waals surface area (Å²) in [5.74, 6) is 0. The van der Waals surface area contributed by atoms with Crippen LogP contribution in [0.4, 0.5) is 0 Å². The Kier molecular flexibility index (Phi) is 6.47. The number of rotatable bonds is 6. The molecule has 0 aliphatic carbocycles. The van der Waals surface area contributed by atoms with Gasteiger partial charge in [0.05, 0.1) is 13.2 Å². The number of aliphatic hydroxyl groups is 3. The molecule has 0 spiro atoms. The fourth-order valence-corrected chi connectivity index (χ4v) is 3.73. The molecular weight excluding hydrogens is 340 g/mol. The summed E-state index contributed by atoms with van der Waals surface area (Å²) in [7, 11) is 0. The lowest BCUT2D eigenvalue weighted by molar-refractivity contribution is -0.210. The van der Waals surface area contributed by atoms with Crippen LogP contribution in [0.25, 0.3) is 0 Å². The first kappa shape index (κ1) is 18.4. The Morgan fingerprint density at radius 1 is 0.840 bits per heavy atom. The molecule has 0 bridgehead atoms. The van der Waals surface area contributed by atoms with Crippen molar-refractivity contribution in [3.05, 3.63) is 66.2 Å². The molecule has 0 amide bonds. The molecule has 5 nitrogen and oxygen atoms in total. The Labute approximate surface area is 151 Å². The van der Waals surface area contributed by atoms with E-state index in [2.05, 4.69) is 0 Å². The summed E-state index contributed by atoms with van der Waals surface area (Å²) >= 11 is 1.31. The topological polar surface area (TPSA) is 79.2 Å². The van der Waals surface area contributed by atoms with E-state index >= 15 is 0 Å². The molecule has 1 aliphatic rings. The molecule has 3 N–H and O–H groups in total. The van der Waals surface area contributed by atoms with E-state index in [1.165, 1.54) is 11.8 Å². The maximum Gasteiger partial charge on any atom is 0.136 e. The van der Waals surface area contributed by atoms with Crippen molar-refractivity contribution in [1.82, 2.24) is 0 Å². The molecule has 1 fully saturated rings. The van der Waals surface area contributed by atoms with Gasteiger partial charge in [-0.05, 0) is 17.7 Å². The van der Waals surface area contributed by atoms with E-state index in [4.69, 9.17) is 9.47 Å². The van der Waals surface area contributed by atoms with Crippen LogP contribution in [-0.2, 0) is 16.1 Å². The van der Waals surface area contributed by atoms with Crippen molar-refractivity contribution >= 4 is 11.8 Å². The maximum absolute atomic E-state index is 10.2. The third-order valence-corrected chi connectivity index (χ3v) is 5.22. The van der Waals surface area contributed by atoms with Crippen LogP contribution >= 0.6 is 11.8 Å². The molecule has 3 rings (SSSR count). The second kappa shape index (κ2) is 8.80. The third kappa shape index (κ3) is 4.82. The minimum absolute atomic E-state index is 0.131. The van der Waals surface area contributed by atoms with Gasteiger partial charge in [0.2, 0.25) is 0 Å². The fraction of sp³-hybridized carbons (Fsp3) is 0.368. The van der Waals surface area contributed by atoms with Gasteiger partial charge in [-0.25, -0.2) is 0 Å². The minimum Gasteiger partial charge on any atom is -0.387 e. The van der Waals surface area contributed by atoms with Gasteiger partial charge in [0.25, 0.3) is 0 Å². The Morgan fingerprint density at radius 3 is 2.16 bits per heavy atom. The van der Waals surface area contributed by atoms with E-state index in [0.717, 1.165) is 10.5 Å². The third-order valence-electron chi connectivity index (χ3n) is 4.06. The molecule has 2 aromatic carbocycles. The Morgan fingerprint density at radius 2 is 1.48 bits per heavy atom. The average Bonchev–Trinajstić information content (AvgIpc) is 2.65. The van der Waals surface area contributed by atoms with Crippen molar-refractivity contribution in [2.45, 2.75) is 41.4 Å². The monoisotopic (exact) mass is 362 g/mol. The summed E-state index contributed by atoms with van der Waals surface area (Å²) in [6.07, 6.45) is -4.35. The quantitative estimate of drug-likeness (QED) is 0.727. The SMILES string of the molecule is O[C@H]1[C@@H](O)[C@@H](COCc2ccccc2)O[C@@H](Sc2ccccc2)[C@@H]1O. The number of aliphatic hydroxyl groups excluding tert-OH is 3. The molecule has 1 aliphatic heterocycles. The van der Waals surface area contributed by atoms with Crippen LogP contribution in [0.15, 0.2) is 65.6 Å². The summed E-state index contributed by atoms with van der Waals surface area (Å²) in [4.78, 5) is 0.916. The van der Waals surface area contributed by atoms with Crippen LogP contribution in [0.5, 0.6) is 0 Å². The Hall–Kier alpha value is -1.41.